The molecule has 0 bridgehead atoms. The topological polar surface area (TPSA) is 94.3 Å². The van der Waals surface area contributed by atoms with Crippen molar-refractivity contribution in [2.45, 2.75) is 63.2 Å². The third kappa shape index (κ3) is 4.76. The summed E-state index contributed by atoms with van der Waals surface area (Å²) in [6.45, 7) is 4.96. The van der Waals surface area contributed by atoms with Gasteiger partial charge in [-0.05, 0) is 70.8 Å². The van der Waals surface area contributed by atoms with Gasteiger partial charge in [0.15, 0.2) is 0 Å². The van der Waals surface area contributed by atoms with Gasteiger partial charge >= 0.3 is 6.03 Å². The molecular formula is C31H40N6O2. The van der Waals surface area contributed by atoms with Crippen LogP contribution in [0.3, 0.4) is 0 Å². The molecular weight excluding hydrogens is 488 g/mol. The lowest BCUT2D eigenvalue weighted by Crippen LogP contribution is -2.54. The first kappa shape index (κ1) is 27.1. The molecule has 1 unspecified atom stereocenters. The Labute approximate surface area is 231 Å². The Morgan fingerprint density at radius 3 is 2.41 bits per heavy atom. The van der Waals surface area contributed by atoms with Crippen LogP contribution >= 0.6 is 0 Å². The Balaban J connectivity index is 1.37. The van der Waals surface area contributed by atoms with Crippen molar-refractivity contribution < 1.29 is 9.59 Å². The number of urea groups is 1. The smallest absolute Gasteiger partial charge is 0.322 e. The first-order valence-corrected chi connectivity index (χ1v) is 13.8. The number of nitrogens with zero attached hydrogens (tertiary/aromatic N) is 4. The zero-order chi connectivity index (χ0) is 27.9. The van der Waals surface area contributed by atoms with E-state index in [1.807, 2.05) is 39.1 Å². The van der Waals surface area contributed by atoms with Crippen molar-refractivity contribution in [3.05, 3.63) is 82.7 Å². The first-order chi connectivity index (χ1) is 18.6. The van der Waals surface area contributed by atoms with E-state index in [0.29, 0.717) is 18.8 Å². The van der Waals surface area contributed by atoms with E-state index in [9.17, 15) is 9.59 Å². The van der Waals surface area contributed by atoms with Gasteiger partial charge in [-0.1, -0.05) is 42.5 Å². The van der Waals surface area contributed by atoms with Gasteiger partial charge in [-0.3, -0.25) is 19.6 Å². The summed E-state index contributed by atoms with van der Waals surface area (Å²) >= 11 is 0. The third-order valence-corrected chi connectivity index (χ3v) is 8.99. The molecule has 8 heteroatoms. The SMILES string of the molecule is C/C(=N\C=C(/C(C)N)N1C[C@]2(CC[C@](c3ccccc3)(N(C)C)CC2)NC1=O)c1cccc2c1CN(C)C2=O. The second-order valence-electron chi connectivity index (χ2n) is 11.6. The predicted octanol–water partition coefficient (Wildman–Crippen LogP) is 4.06. The Bertz CT molecular complexity index is 1320. The Morgan fingerprint density at radius 2 is 1.77 bits per heavy atom. The van der Waals surface area contributed by atoms with Crippen molar-refractivity contribution in [2.75, 3.05) is 27.7 Å². The Morgan fingerprint density at radius 1 is 1.08 bits per heavy atom. The first-order valence-electron chi connectivity index (χ1n) is 13.8. The highest BCUT2D eigenvalue weighted by Crippen LogP contribution is 2.46. The summed E-state index contributed by atoms with van der Waals surface area (Å²) in [5.74, 6) is 0.0310. The molecule has 39 heavy (non-hydrogen) atoms. The lowest BCUT2D eigenvalue weighted by atomic mass is 9.69. The fourth-order valence-electron chi connectivity index (χ4n) is 6.56. The number of fused-ring (bicyclic) bond motifs is 1. The van der Waals surface area contributed by atoms with Gasteiger partial charge in [-0.2, -0.15) is 0 Å². The van der Waals surface area contributed by atoms with Gasteiger partial charge in [0.25, 0.3) is 5.91 Å². The van der Waals surface area contributed by atoms with E-state index in [4.69, 9.17) is 10.7 Å². The summed E-state index contributed by atoms with van der Waals surface area (Å²) in [5.41, 5.74) is 11.5. The molecule has 8 nitrogen and oxygen atoms in total. The van der Waals surface area contributed by atoms with Gasteiger partial charge in [0, 0.05) is 48.2 Å². The van der Waals surface area contributed by atoms with E-state index in [0.717, 1.165) is 48.1 Å². The van der Waals surface area contributed by atoms with Crippen LogP contribution in [0, 0.1) is 0 Å². The van der Waals surface area contributed by atoms with Crippen LogP contribution < -0.4 is 11.1 Å². The highest BCUT2D eigenvalue weighted by molar-refractivity contribution is 6.06. The monoisotopic (exact) mass is 528 g/mol. The molecule has 3 amide bonds. The molecule has 1 atom stereocenters. The number of hydrogen-bond acceptors (Lipinski definition) is 5. The number of aliphatic imine (C=N–C) groups is 1. The van der Waals surface area contributed by atoms with Crippen molar-refractivity contribution >= 4 is 17.6 Å². The maximum atomic E-state index is 13.3. The van der Waals surface area contributed by atoms with Gasteiger partial charge in [0.05, 0.1) is 17.8 Å². The van der Waals surface area contributed by atoms with Crippen molar-refractivity contribution in [3.8, 4) is 0 Å². The van der Waals surface area contributed by atoms with Crippen molar-refractivity contribution in [2.24, 2.45) is 10.7 Å². The minimum Gasteiger partial charge on any atom is -0.337 e. The molecule has 1 saturated heterocycles. The minimum atomic E-state index is -0.370. The average molecular weight is 529 g/mol. The summed E-state index contributed by atoms with van der Waals surface area (Å²) in [7, 11) is 6.11. The number of benzene rings is 2. The zero-order valence-electron chi connectivity index (χ0n) is 23.7. The van der Waals surface area contributed by atoms with Gasteiger partial charge in [-0.25, -0.2) is 4.79 Å². The summed E-state index contributed by atoms with van der Waals surface area (Å²) in [6, 6.07) is 16.0. The maximum absolute atomic E-state index is 13.3. The van der Waals surface area contributed by atoms with Crippen molar-refractivity contribution in [3.63, 3.8) is 0 Å². The van der Waals surface area contributed by atoms with Crippen LogP contribution in [-0.4, -0.2) is 71.6 Å². The average Bonchev–Trinajstić information content (AvgIpc) is 3.39. The number of nitrogens with two attached hydrogens (primary N) is 1. The summed E-state index contributed by atoms with van der Waals surface area (Å²) in [6.07, 6.45) is 5.41. The lowest BCUT2D eigenvalue weighted by Gasteiger charge is -2.48. The molecule has 5 rings (SSSR count). The normalized spacial score (nSPS) is 26.4. The van der Waals surface area contributed by atoms with Crippen LogP contribution in [0.15, 0.2) is 65.4 Å². The van der Waals surface area contributed by atoms with Gasteiger partial charge in [0.2, 0.25) is 0 Å². The standard InChI is InChI=1S/C31H40N6O2/c1-21(32)27(18-33-22(2)24-12-9-13-25-26(24)19-36(5)28(25)38)37-20-30(34-29(37)39)14-16-31(17-15-30,35(3)4)23-10-7-6-8-11-23/h6-13,18,21H,14-17,19-20,32H2,1-5H3,(H,34,39)/b27-18+,33-22+/t21?,30-,31+. The number of hydrogen-bond donors (Lipinski definition) is 2. The highest BCUT2D eigenvalue weighted by atomic mass is 16.2. The number of amides is 3. The van der Waals surface area contributed by atoms with Gasteiger partial charge in [0.1, 0.15) is 0 Å². The van der Waals surface area contributed by atoms with Crippen LogP contribution in [0.25, 0.3) is 0 Å². The zero-order valence-corrected chi connectivity index (χ0v) is 23.7. The summed E-state index contributed by atoms with van der Waals surface area (Å²) in [4.78, 5) is 36.3. The molecule has 2 aliphatic heterocycles. The van der Waals surface area contributed by atoms with Gasteiger partial charge in [-0.15, -0.1) is 0 Å². The molecule has 3 N–H and O–H groups in total. The highest BCUT2D eigenvalue weighted by Gasteiger charge is 2.50. The lowest BCUT2D eigenvalue weighted by molar-refractivity contribution is 0.0627. The van der Waals surface area contributed by atoms with Crippen molar-refractivity contribution in [1.82, 2.24) is 20.0 Å². The number of nitrogens with one attached hydrogen (secondary N) is 1. The molecule has 2 aromatic carbocycles. The largest absolute Gasteiger partial charge is 0.337 e. The second-order valence-corrected chi connectivity index (χ2v) is 11.6. The Hall–Kier alpha value is -3.49. The molecule has 2 aromatic rings. The molecule has 0 aromatic heterocycles. The quantitative estimate of drug-likeness (QED) is 0.553. The molecule has 206 valence electrons. The fourth-order valence-corrected chi connectivity index (χ4v) is 6.56. The molecule has 2 fully saturated rings. The minimum absolute atomic E-state index is 0.0310. The van der Waals surface area contributed by atoms with E-state index < -0.39 is 0 Å². The van der Waals surface area contributed by atoms with Crippen LogP contribution in [0.1, 0.15) is 66.6 Å². The van der Waals surface area contributed by atoms with Crippen LogP contribution in [-0.2, 0) is 12.1 Å². The number of rotatable bonds is 6. The molecule has 1 saturated carbocycles. The number of carbonyl (C=O) groups is 2. The van der Waals surface area contributed by atoms with Crippen LogP contribution in [0.5, 0.6) is 0 Å². The predicted molar refractivity (Wildman–Crippen MR) is 154 cm³/mol. The number of carbonyl (C=O) groups excluding carboxylic acids is 2. The summed E-state index contributed by atoms with van der Waals surface area (Å²) in [5, 5.41) is 3.33. The molecule has 1 spiro atoms. The van der Waals surface area contributed by atoms with E-state index in [2.05, 4.69) is 54.6 Å². The maximum Gasteiger partial charge on any atom is 0.322 e. The van der Waals surface area contributed by atoms with E-state index in [1.54, 1.807) is 16.0 Å². The second kappa shape index (κ2) is 10.2. The Kier molecular flexibility index (Phi) is 7.11. The van der Waals surface area contributed by atoms with E-state index in [1.165, 1.54) is 5.56 Å². The van der Waals surface area contributed by atoms with Crippen LogP contribution in [0.4, 0.5) is 4.79 Å². The molecule has 1 aliphatic carbocycles. The third-order valence-electron chi connectivity index (χ3n) is 8.99. The summed E-state index contributed by atoms with van der Waals surface area (Å²) < 4.78 is 0. The van der Waals surface area contributed by atoms with Crippen LogP contribution in [0.2, 0.25) is 0 Å². The molecule has 3 aliphatic rings. The van der Waals surface area contributed by atoms with Gasteiger partial charge < -0.3 is 16.0 Å². The van der Waals surface area contributed by atoms with E-state index in [-0.39, 0.29) is 29.1 Å². The molecule has 2 heterocycles. The fraction of sp³-hybridized carbons (Fsp3) is 0.452. The van der Waals surface area contributed by atoms with E-state index >= 15 is 0 Å². The molecule has 0 radical (unpaired) electrons. The van der Waals surface area contributed by atoms with Crippen molar-refractivity contribution in [1.29, 1.82) is 0 Å².